The van der Waals surface area contributed by atoms with Crippen molar-refractivity contribution < 1.29 is 17.9 Å². The summed E-state index contributed by atoms with van der Waals surface area (Å²) >= 11 is 1.39. The molecule has 0 saturated carbocycles. The molecule has 0 aliphatic carbocycles. The Morgan fingerprint density at radius 1 is 1.06 bits per heavy atom. The van der Waals surface area contributed by atoms with Crippen LogP contribution in [0.2, 0.25) is 0 Å². The Balaban J connectivity index is 1.51. The maximum absolute atomic E-state index is 13.0. The first kappa shape index (κ1) is 22.2. The van der Waals surface area contributed by atoms with E-state index in [0.717, 1.165) is 41.4 Å². The molecular weight excluding hydrogens is 435 g/mol. The lowest BCUT2D eigenvalue weighted by Gasteiger charge is -2.08. The fourth-order valence-electron chi connectivity index (χ4n) is 3.20. The van der Waals surface area contributed by atoms with E-state index in [9.17, 15) is 13.2 Å². The zero-order valence-corrected chi connectivity index (χ0v) is 18.3. The predicted octanol–water partition coefficient (Wildman–Crippen LogP) is 6.89. The van der Waals surface area contributed by atoms with Gasteiger partial charge in [-0.15, -0.1) is 0 Å². The van der Waals surface area contributed by atoms with Gasteiger partial charge in [0, 0.05) is 23.7 Å². The lowest BCUT2D eigenvalue weighted by atomic mass is 10.1. The van der Waals surface area contributed by atoms with Crippen molar-refractivity contribution in [1.29, 1.82) is 0 Å². The lowest BCUT2D eigenvalue weighted by molar-refractivity contribution is -0.137. The molecule has 0 spiro atoms. The van der Waals surface area contributed by atoms with Gasteiger partial charge in [-0.2, -0.15) is 18.3 Å². The summed E-state index contributed by atoms with van der Waals surface area (Å²) in [6.07, 6.45) is 1.15. The first-order chi connectivity index (χ1) is 15.4. The average molecular weight is 458 g/mol. The Labute approximate surface area is 188 Å². The standard InChI is InChI=1S/C24H22F3N3OS/c1-2-3-13-31-20-9-7-18(8-10-20)21-15-22-23(28-11-12-30(22)29-21)32-16-17-5-4-6-19(14-17)24(25,26)27/h4-12,14-15H,2-3,13,16H2,1H3. The molecule has 2 aromatic carbocycles. The third kappa shape index (κ3) is 5.24. The van der Waals surface area contributed by atoms with E-state index in [2.05, 4.69) is 17.0 Å². The van der Waals surface area contributed by atoms with Crippen LogP contribution in [0.3, 0.4) is 0 Å². The van der Waals surface area contributed by atoms with Gasteiger partial charge in [0.05, 0.1) is 23.4 Å². The molecule has 0 aliphatic rings. The number of alkyl halides is 3. The molecule has 0 atom stereocenters. The van der Waals surface area contributed by atoms with Crippen LogP contribution in [0.15, 0.2) is 72.0 Å². The van der Waals surface area contributed by atoms with Crippen molar-refractivity contribution >= 4 is 17.3 Å². The van der Waals surface area contributed by atoms with Crippen LogP contribution in [0.5, 0.6) is 5.75 Å². The van der Waals surface area contributed by atoms with Gasteiger partial charge in [0.2, 0.25) is 0 Å². The summed E-state index contributed by atoms with van der Waals surface area (Å²) in [4.78, 5) is 4.42. The molecule has 0 N–H and O–H groups in total. The Bertz CT molecular complexity index is 1190. The van der Waals surface area contributed by atoms with Crippen LogP contribution >= 0.6 is 11.8 Å². The molecule has 2 heterocycles. The molecule has 2 aromatic heterocycles. The Morgan fingerprint density at radius 2 is 1.88 bits per heavy atom. The molecule has 0 saturated heterocycles. The smallest absolute Gasteiger partial charge is 0.416 e. The summed E-state index contributed by atoms with van der Waals surface area (Å²) in [6.45, 7) is 2.82. The zero-order valence-electron chi connectivity index (χ0n) is 17.5. The second-order valence-electron chi connectivity index (χ2n) is 7.30. The van der Waals surface area contributed by atoms with Crippen LogP contribution in [-0.2, 0) is 11.9 Å². The molecule has 0 bridgehead atoms. The highest BCUT2D eigenvalue weighted by Crippen LogP contribution is 2.32. The molecular formula is C24H22F3N3OS. The minimum absolute atomic E-state index is 0.376. The minimum atomic E-state index is -4.35. The predicted molar refractivity (Wildman–Crippen MR) is 120 cm³/mol. The number of hydrogen-bond acceptors (Lipinski definition) is 4. The first-order valence-corrected chi connectivity index (χ1v) is 11.3. The van der Waals surface area contributed by atoms with Crippen LogP contribution in [0.25, 0.3) is 16.8 Å². The van der Waals surface area contributed by atoms with E-state index >= 15 is 0 Å². The molecule has 32 heavy (non-hydrogen) atoms. The number of aromatic nitrogens is 3. The summed E-state index contributed by atoms with van der Waals surface area (Å²) < 4.78 is 46.3. The number of fused-ring (bicyclic) bond motifs is 1. The molecule has 0 aliphatic heterocycles. The van der Waals surface area contributed by atoms with Crippen LogP contribution in [0.1, 0.15) is 30.9 Å². The van der Waals surface area contributed by atoms with Gasteiger partial charge in [0.15, 0.2) is 0 Å². The van der Waals surface area contributed by atoms with Gasteiger partial charge in [-0.1, -0.05) is 43.3 Å². The number of thioether (sulfide) groups is 1. The number of benzene rings is 2. The van der Waals surface area contributed by atoms with E-state index in [1.165, 1.54) is 23.9 Å². The van der Waals surface area contributed by atoms with Crippen molar-refractivity contribution in [1.82, 2.24) is 14.6 Å². The van der Waals surface area contributed by atoms with Gasteiger partial charge in [-0.05, 0) is 48.4 Å². The van der Waals surface area contributed by atoms with Crippen molar-refractivity contribution in [2.75, 3.05) is 6.61 Å². The average Bonchev–Trinajstić information content (AvgIpc) is 3.23. The van der Waals surface area contributed by atoms with Gasteiger partial charge in [-0.3, -0.25) is 0 Å². The van der Waals surface area contributed by atoms with Gasteiger partial charge in [-0.25, -0.2) is 9.50 Å². The molecule has 0 radical (unpaired) electrons. The maximum atomic E-state index is 13.0. The van der Waals surface area contributed by atoms with Crippen LogP contribution in [0, 0.1) is 0 Å². The summed E-state index contributed by atoms with van der Waals surface area (Å²) in [5.41, 5.74) is 2.50. The van der Waals surface area contributed by atoms with E-state index in [4.69, 9.17) is 4.74 Å². The highest BCUT2D eigenvalue weighted by molar-refractivity contribution is 7.98. The molecule has 0 unspecified atom stereocenters. The number of hydrogen-bond donors (Lipinski definition) is 0. The quantitative estimate of drug-likeness (QED) is 0.213. The van der Waals surface area contributed by atoms with Crippen molar-refractivity contribution in [3.63, 3.8) is 0 Å². The summed E-state index contributed by atoms with van der Waals surface area (Å²) in [7, 11) is 0. The van der Waals surface area contributed by atoms with Gasteiger partial charge < -0.3 is 4.74 Å². The third-order valence-electron chi connectivity index (χ3n) is 4.90. The van der Waals surface area contributed by atoms with E-state index < -0.39 is 11.7 Å². The molecule has 166 valence electrons. The fraction of sp³-hybridized carbons (Fsp3) is 0.250. The molecule has 0 amide bonds. The van der Waals surface area contributed by atoms with Crippen LogP contribution in [-0.4, -0.2) is 21.2 Å². The highest BCUT2D eigenvalue weighted by Gasteiger charge is 2.30. The van der Waals surface area contributed by atoms with Gasteiger partial charge >= 0.3 is 6.18 Å². The number of nitrogens with zero attached hydrogens (tertiary/aromatic N) is 3. The van der Waals surface area contributed by atoms with Crippen molar-refractivity contribution in [2.45, 2.75) is 36.7 Å². The van der Waals surface area contributed by atoms with Gasteiger partial charge in [0.25, 0.3) is 0 Å². The number of rotatable bonds is 8. The number of halogens is 3. The molecule has 8 heteroatoms. The van der Waals surface area contributed by atoms with Crippen LogP contribution < -0.4 is 4.74 Å². The number of ether oxygens (including phenoxy) is 1. The molecule has 4 nitrogen and oxygen atoms in total. The molecule has 4 aromatic rings. The lowest BCUT2D eigenvalue weighted by Crippen LogP contribution is -2.04. The first-order valence-electron chi connectivity index (χ1n) is 10.3. The molecule has 0 fully saturated rings. The van der Waals surface area contributed by atoms with E-state index in [-0.39, 0.29) is 0 Å². The van der Waals surface area contributed by atoms with Gasteiger partial charge in [0.1, 0.15) is 10.8 Å². The molecule has 4 rings (SSSR count). The zero-order chi connectivity index (χ0) is 22.6. The van der Waals surface area contributed by atoms with E-state index in [1.807, 2.05) is 30.3 Å². The normalized spacial score (nSPS) is 11.8. The van der Waals surface area contributed by atoms with Crippen molar-refractivity contribution in [3.05, 3.63) is 78.1 Å². The number of unbranched alkanes of at least 4 members (excludes halogenated alkanes) is 1. The van der Waals surface area contributed by atoms with Crippen LogP contribution in [0.4, 0.5) is 13.2 Å². The second-order valence-corrected chi connectivity index (χ2v) is 8.27. The topological polar surface area (TPSA) is 39.4 Å². The maximum Gasteiger partial charge on any atom is 0.416 e. The Hall–Kier alpha value is -3.00. The third-order valence-corrected chi connectivity index (χ3v) is 5.97. The second kappa shape index (κ2) is 9.65. The van der Waals surface area contributed by atoms with E-state index in [0.29, 0.717) is 22.9 Å². The fourth-order valence-corrected chi connectivity index (χ4v) is 4.11. The summed E-state index contributed by atoms with van der Waals surface area (Å²) in [6, 6.07) is 15.1. The highest BCUT2D eigenvalue weighted by atomic mass is 32.2. The SMILES string of the molecule is CCCCOc1ccc(-c2cc3c(SCc4cccc(C(F)(F)F)c4)nccn3n2)cc1. The minimum Gasteiger partial charge on any atom is -0.494 e. The summed E-state index contributed by atoms with van der Waals surface area (Å²) in [5, 5.41) is 5.34. The summed E-state index contributed by atoms with van der Waals surface area (Å²) in [5.74, 6) is 1.20. The van der Waals surface area contributed by atoms with Crippen molar-refractivity contribution in [3.8, 4) is 17.0 Å². The van der Waals surface area contributed by atoms with Crippen molar-refractivity contribution in [2.24, 2.45) is 0 Å². The Kier molecular flexibility index (Phi) is 6.69. The largest absolute Gasteiger partial charge is 0.494 e. The Morgan fingerprint density at radius 3 is 2.62 bits per heavy atom. The van der Waals surface area contributed by atoms with E-state index in [1.54, 1.807) is 23.0 Å². The monoisotopic (exact) mass is 457 g/mol.